The Labute approximate surface area is 244 Å². The van der Waals surface area contributed by atoms with Crippen LogP contribution in [0.25, 0.3) is 0 Å². The minimum atomic E-state index is -4.11. The van der Waals surface area contributed by atoms with Crippen LogP contribution >= 0.6 is 0 Å². The van der Waals surface area contributed by atoms with Gasteiger partial charge in [-0.3, -0.25) is 13.9 Å². The van der Waals surface area contributed by atoms with Gasteiger partial charge in [0.25, 0.3) is 10.0 Å². The number of aryl methyl sites for hydroxylation is 1. The van der Waals surface area contributed by atoms with Crippen molar-refractivity contribution >= 4 is 27.5 Å². The topological polar surface area (TPSA) is 96.0 Å². The smallest absolute Gasteiger partial charge is 0.264 e. The van der Waals surface area contributed by atoms with Gasteiger partial charge in [0.1, 0.15) is 18.3 Å². The molecule has 0 aromatic heterocycles. The summed E-state index contributed by atoms with van der Waals surface area (Å²) >= 11 is 0. The molecule has 1 N–H and O–H groups in total. The summed E-state index contributed by atoms with van der Waals surface area (Å²) in [6, 6.07) is 20.2. The molecule has 2 amide bonds. The molecular weight excluding hydrogens is 538 g/mol. The molecule has 3 rings (SSSR count). The van der Waals surface area contributed by atoms with Gasteiger partial charge in [-0.1, -0.05) is 62.7 Å². The van der Waals surface area contributed by atoms with Gasteiger partial charge in [-0.05, 0) is 73.7 Å². The fourth-order valence-corrected chi connectivity index (χ4v) is 5.95. The fourth-order valence-electron chi connectivity index (χ4n) is 4.53. The second-order valence-corrected chi connectivity index (χ2v) is 12.1. The zero-order valence-corrected chi connectivity index (χ0v) is 25.6. The maximum Gasteiger partial charge on any atom is 0.264 e. The van der Waals surface area contributed by atoms with Crippen LogP contribution in [-0.2, 0) is 26.2 Å². The molecule has 1 atom stereocenters. The molecule has 0 aliphatic heterocycles. The van der Waals surface area contributed by atoms with Crippen LogP contribution in [0.3, 0.4) is 0 Å². The number of benzene rings is 3. The van der Waals surface area contributed by atoms with E-state index in [0.29, 0.717) is 24.4 Å². The first-order valence-corrected chi connectivity index (χ1v) is 15.3. The number of amides is 2. The number of rotatable bonds is 13. The third-order valence-electron chi connectivity index (χ3n) is 6.98. The Kier molecular flexibility index (Phi) is 10.9. The van der Waals surface area contributed by atoms with Crippen molar-refractivity contribution in [3.05, 3.63) is 89.5 Å². The third-order valence-corrected chi connectivity index (χ3v) is 8.77. The highest BCUT2D eigenvalue weighted by Gasteiger charge is 2.33. The van der Waals surface area contributed by atoms with Crippen LogP contribution in [0.1, 0.15) is 56.7 Å². The average Bonchev–Trinajstić information content (AvgIpc) is 2.96. The molecule has 3 aromatic rings. The molecule has 1 unspecified atom stereocenters. The highest BCUT2D eigenvalue weighted by molar-refractivity contribution is 7.92. The summed E-state index contributed by atoms with van der Waals surface area (Å²) in [4.78, 5) is 28.7. The van der Waals surface area contributed by atoms with E-state index in [1.54, 1.807) is 55.6 Å². The Morgan fingerprint density at radius 1 is 0.902 bits per heavy atom. The second-order valence-electron chi connectivity index (χ2n) is 10.3. The van der Waals surface area contributed by atoms with Gasteiger partial charge in [0.15, 0.2) is 0 Å². The van der Waals surface area contributed by atoms with Gasteiger partial charge < -0.3 is 15.0 Å². The lowest BCUT2D eigenvalue weighted by molar-refractivity contribution is -0.140. The highest BCUT2D eigenvalue weighted by Crippen LogP contribution is 2.27. The van der Waals surface area contributed by atoms with Crippen LogP contribution < -0.4 is 14.4 Å². The van der Waals surface area contributed by atoms with Crippen LogP contribution in [0.5, 0.6) is 5.75 Å². The number of methoxy groups -OCH3 is 1. The van der Waals surface area contributed by atoms with Gasteiger partial charge in [0, 0.05) is 13.1 Å². The first-order chi connectivity index (χ1) is 19.5. The quantitative estimate of drug-likeness (QED) is 0.298. The lowest BCUT2D eigenvalue weighted by Crippen LogP contribution is -2.52. The number of carbonyl (C=O) groups is 2. The fraction of sp³-hybridized carbons (Fsp3) is 0.375. The molecule has 220 valence electrons. The molecule has 0 heterocycles. The number of sulfonamides is 1. The number of nitrogens with one attached hydrogen (secondary N) is 1. The lowest BCUT2D eigenvalue weighted by Gasteiger charge is -2.33. The van der Waals surface area contributed by atoms with E-state index in [1.807, 2.05) is 45.0 Å². The van der Waals surface area contributed by atoms with Crippen LogP contribution in [0, 0.1) is 6.92 Å². The van der Waals surface area contributed by atoms with E-state index in [9.17, 15) is 18.0 Å². The third kappa shape index (κ3) is 7.88. The summed E-state index contributed by atoms with van der Waals surface area (Å²) in [5.41, 5.74) is 3.14. The van der Waals surface area contributed by atoms with Crippen molar-refractivity contribution in [3.8, 4) is 5.75 Å². The molecule has 3 aromatic carbocycles. The Morgan fingerprint density at radius 2 is 1.51 bits per heavy atom. The van der Waals surface area contributed by atoms with Crippen molar-refractivity contribution in [2.24, 2.45) is 0 Å². The van der Waals surface area contributed by atoms with Gasteiger partial charge >= 0.3 is 0 Å². The van der Waals surface area contributed by atoms with E-state index in [4.69, 9.17) is 4.74 Å². The van der Waals surface area contributed by atoms with Gasteiger partial charge in [0.2, 0.25) is 11.8 Å². The maximum atomic E-state index is 14.1. The number of nitrogens with zero attached hydrogens (tertiary/aromatic N) is 2. The van der Waals surface area contributed by atoms with Crippen molar-refractivity contribution in [2.75, 3.05) is 24.5 Å². The first kappa shape index (κ1) is 31.7. The molecule has 0 aliphatic rings. The van der Waals surface area contributed by atoms with E-state index in [1.165, 1.54) is 4.90 Å². The number of anilines is 1. The number of likely N-dealkylation sites (N-methyl/N-ethyl adjacent to an activating group) is 1. The number of hydrogen-bond acceptors (Lipinski definition) is 5. The molecule has 0 radical (unpaired) electrons. The van der Waals surface area contributed by atoms with E-state index in [0.717, 1.165) is 21.0 Å². The van der Waals surface area contributed by atoms with E-state index in [2.05, 4.69) is 19.2 Å². The standard InChI is InChI=1S/C32H41N3O5S/c1-7-30(32(37)33-8-2)34(21-25-11-17-28(40-6)18-12-25)31(36)22-35(27-15-13-26(14-16-27)23(3)4)41(38,39)29-19-9-24(5)10-20-29/h9-20,23,30H,7-8,21-22H2,1-6H3,(H,33,37). The number of hydrogen-bond donors (Lipinski definition) is 1. The van der Waals surface area contributed by atoms with Gasteiger partial charge in [-0.2, -0.15) is 0 Å². The molecule has 41 heavy (non-hydrogen) atoms. The van der Waals surface area contributed by atoms with E-state index in [-0.39, 0.29) is 23.3 Å². The SMILES string of the molecule is CCNC(=O)C(CC)N(Cc1ccc(OC)cc1)C(=O)CN(c1ccc(C(C)C)cc1)S(=O)(=O)c1ccc(C)cc1. The second kappa shape index (κ2) is 14.2. The maximum absolute atomic E-state index is 14.1. The van der Waals surface area contributed by atoms with Crippen molar-refractivity contribution in [1.29, 1.82) is 0 Å². The molecule has 0 spiro atoms. The number of carbonyl (C=O) groups excluding carboxylic acids is 2. The van der Waals surface area contributed by atoms with Crippen molar-refractivity contribution in [1.82, 2.24) is 10.2 Å². The molecule has 0 fully saturated rings. The van der Waals surface area contributed by atoms with Crippen molar-refractivity contribution < 1.29 is 22.7 Å². The zero-order valence-electron chi connectivity index (χ0n) is 24.8. The molecule has 0 bridgehead atoms. The predicted molar refractivity (Wildman–Crippen MR) is 163 cm³/mol. The minimum Gasteiger partial charge on any atom is -0.497 e. The first-order valence-electron chi connectivity index (χ1n) is 13.9. The van der Waals surface area contributed by atoms with Crippen molar-refractivity contribution in [2.45, 2.75) is 64.4 Å². The van der Waals surface area contributed by atoms with E-state index < -0.39 is 28.5 Å². The molecule has 8 nitrogen and oxygen atoms in total. The monoisotopic (exact) mass is 579 g/mol. The summed E-state index contributed by atoms with van der Waals surface area (Å²) in [5.74, 6) is 0.159. The summed E-state index contributed by atoms with van der Waals surface area (Å²) < 4.78 is 34.4. The normalized spacial score (nSPS) is 12.1. The van der Waals surface area contributed by atoms with Crippen molar-refractivity contribution in [3.63, 3.8) is 0 Å². The molecule has 0 saturated carbocycles. The summed E-state index contributed by atoms with van der Waals surface area (Å²) in [6.45, 7) is 9.72. The Balaban J connectivity index is 2.06. The highest BCUT2D eigenvalue weighted by atomic mass is 32.2. The summed E-state index contributed by atoms with van der Waals surface area (Å²) in [6.07, 6.45) is 0.363. The molecule has 0 aliphatic carbocycles. The predicted octanol–water partition coefficient (Wildman–Crippen LogP) is 5.27. The Morgan fingerprint density at radius 3 is 2.02 bits per heavy atom. The van der Waals surface area contributed by atoms with Gasteiger partial charge in [-0.15, -0.1) is 0 Å². The molecular formula is C32H41N3O5S. The Hall–Kier alpha value is -3.85. The largest absolute Gasteiger partial charge is 0.497 e. The Bertz CT molecular complexity index is 1400. The van der Waals surface area contributed by atoms with E-state index >= 15 is 0 Å². The van der Waals surface area contributed by atoms with Crippen LogP contribution in [-0.4, -0.2) is 51.4 Å². The number of ether oxygens (including phenoxy) is 1. The summed E-state index contributed by atoms with van der Waals surface area (Å²) in [7, 11) is -2.54. The minimum absolute atomic E-state index is 0.0845. The summed E-state index contributed by atoms with van der Waals surface area (Å²) in [5, 5.41) is 2.81. The molecule has 0 saturated heterocycles. The van der Waals surface area contributed by atoms with Crippen LogP contribution in [0.15, 0.2) is 77.7 Å². The van der Waals surface area contributed by atoms with Gasteiger partial charge in [0.05, 0.1) is 17.7 Å². The zero-order chi connectivity index (χ0) is 30.2. The lowest BCUT2D eigenvalue weighted by atomic mass is 10.0. The van der Waals surface area contributed by atoms with Gasteiger partial charge in [-0.25, -0.2) is 8.42 Å². The molecule has 9 heteroatoms. The average molecular weight is 580 g/mol. The van der Waals surface area contributed by atoms with Crippen LogP contribution in [0.2, 0.25) is 0 Å². The van der Waals surface area contributed by atoms with Crippen LogP contribution in [0.4, 0.5) is 5.69 Å².